The Bertz CT molecular complexity index is 431. The second kappa shape index (κ2) is 4.74. The van der Waals surface area contributed by atoms with E-state index in [1.54, 1.807) is 30.3 Å². The van der Waals surface area contributed by atoms with Gasteiger partial charge in [-0.1, -0.05) is 34.2 Å². The Hall–Kier alpha value is -1.63. The molecular weight excluding hydrogens is 225 g/mol. The molecule has 1 amide bonds. The van der Waals surface area contributed by atoms with Crippen LogP contribution in [0.4, 0.5) is 8.68 Å². The molecular formula is C8H8FNO4S. The van der Waals surface area contributed by atoms with Crippen molar-refractivity contribution in [2.75, 3.05) is 0 Å². The van der Waals surface area contributed by atoms with Gasteiger partial charge in [0.05, 0.1) is 0 Å². The van der Waals surface area contributed by atoms with Crippen LogP contribution >= 0.6 is 0 Å². The van der Waals surface area contributed by atoms with Gasteiger partial charge < -0.3 is 4.74 Å². The third kappa shape index (κ3) is 4.96. The summed E-state index contributed by atoms with van der Waals surface area (Å²) < 4.78 is 37.3. The van der Waals surface area contributed by atoms with Crippen LogP contribution in [0.3, 0.4) is 0 Å². The summed E-state index contributed by atoms with van der Waals surface area (Å²) in [6.07, 6.45) is -1.35. The highest BCUT2D eigenvalue weighted by atomic mass is 32.3. The van der Waals surface area contributed by atoms with Crippen molar-refractivity contribution in [2.45, 2.75) is 6.61 Å². The molecule has 0 fully saturated rings. The number of hydrogen-bond donors (Lipinski definition) is 1. The van der Waals surface area contributed by atoms with Gasteiger partial charge in [0.2, 0.25) is 0 Å². The zero-order chi connectivity index (χ0) is 11.3. The fraction of sp³-hybridized carbons (Fsp3) is 0.125. The Labute approximate surface area is 86.2 Å². The smallest absolute Gasteiger partial charge is 0.423 e. The van der Waals surface area contributed by atoms with E-state index in [0.29, 0.717) is 5.56 Å². The fourth-order valence-electron chi connectivity index (χ4n) is 0.852. The first-order valence-corrected chi connectivity index (χ1v) is 5.29. The van der Waals surface area contributed by atoms with Crippen molar-refractivity contribution in [1.82, 2.24) is 4.72 Å². The van der Waals surface area contributed by atoms with Gasteiger partial charge >= 0.3 is 16.5 Å². The Morgan fingerprint density at radius 1 is 1.33 bits per heavy atom. The van der Waals surface area contributed by atoms with Crippen molar-refractivity contribution < 1.29 is 21.8 Å². The first-order valence-electron chi connectivity index (χ1n) is 3.90. The fourth-order valence-corrected chi connectivity index (χ4v) is 1.11. The number of carbonyl (C=O) groups is 1. The van der Waals surface area contributed by atoms with Gasteiger partial charge in [-0.3, -0.25) is 0 Å². The number of halogens is 1. The first-order chi connectivity index (χ1) is 6.97. The summed E-state index contributed by atoms with van der Waals surface area (Å²) >= 11 is 0. The minimum absolute atomic E-state index is 0.123. The molecule has 1 N–H and O–H groups in total. The minimum Gasteiger partial charge on any atom is -0.444 e. The van der Waals surface area contributed by atoms with Crippen molar-refractivity contribution in [1.29, 1.82) is 0 Å². The number of benzene rings is 1. The summed E-state index contributed by atoms with van der Waals surface area (Å²) in [5.74, 6) is 0. The standard InChI is InChI=1S/C8H8FNO4S/c9-15(12,13)10-8(11)14-6-7-4-2-1-3-5-7/h1-5H,6H2,(H,10,11). The van der Waals surface area contributed by atoms with Gasteiger partial charge in [-0.15, -0.1) is 0 Å². The van der Waals surface area contributed by atoms with E-state index in [4.69, 9.17) is 0 Å². The van der Waals surface area contributed by atoms with Crippen LogP contribution in [0, 0.1) is 0 Å². The average Bonchev–Trinajstić information content (AvgIpc) is 2.14. The Morgan fingerprint density at radius 2 is 1.93 bits per heavy atom. The van der Waals surface area contributed by atoms with E-state index in [1.807, 2.05) is 0 Å². The van der Waals surface area contributed by atoms with Crippen LogP contribution in [-0.4, -0.2) is 14.5 Å². The highest BCUT2D eigenvalue weighted by molar-refractivity contribution is 7.84. The van der Waals surface area contributed by atoms with E-state index < -0.39 is 16.5 Å². The van der Waals surface area contributed by atoms with Gasteiger partial charge in [0, 0.05) is 0 Å². The highest BCUT2D eigenvalue weighted by Gasteiger charge is 2.12. The van der Waals surface area contributed by atoms with E-state index in [9.17, 15) is 17.1 Å². The third-order valence-corrected chi connectivity index (χ3v) is 1.83. The Kier molecular flexibility index (Phi) is 3.62. The molecule has 0 heterocycles. The summed E-state index contributed by atoms with van der Waals surface area (Å²) in [6, 6.07) is 8.58. The van der Waals surface area contributed by atoms with Crippen LogP contribution in [0.2, 0.25) is 0 Å². The van der Waals surface area contributed by atoms with Crippen LogP contribution in [-0.2, 0) is 21.8 Å². The molecule has 0 aliphatic carbocycles. The van der Waals surface area contributed by atoms with Crippen LogP contribution in [0.1, 0.15) is 5.56 Å². The molecule has 0 saturated heterocycles. The van der Waals surface area contributed by atoms with E-state index in [2.05, 4.69) is 4.74 Å². The quantitative estimate of drug-likeness (QED) is 0.794. The zero-order valence-corrected chi connectivity index (χ0v) is 8.33. The average molecular weight is 233 g/mol. The maximum Gasteiger partial charge on any atom is 0.423 e. The van der Waals surface area contributed by atoms with Crippen LogP contribution in [0.15, 0.2) is 30.3 Å². The lowest BCUT2D eigenvalue weighted by molar-refractivity contribution is 0.145. The predicted octanol–water partition coefficient (Wildman–Crippen LogP) is 1.13. The molecule has 5 nitrogen and oxygen atoms in total. The number of hydrogen-bond acceptors (Lipinski definition) is 4. The Morgan fingerprint density at radius 3 is 2.47 bits per heavy atom. The number of rotatable bonds is 3. The second-order valence-corrected chi connectivity index (χ2v) is 3.68. The van der Waals surface area contributed by atoms with Crippen molar-refractivity contribution in [3.8, 4) is 0 Å². The van der Waals surface area contributed by atoms with Crippen LogP contribution in [0.5, 0.6) is 0 Å². The van der Waals surface area contributed by atoms with Crippen molar-refractivity contribution in [3.05, 3.63) is 35.9 Å². The number of ether oxygens (including phenoxy) is 1. The molecule has 0 atom stereocenters. The van der Waals surface area contributed by atoms with Gasteiger partial charge in [-0.2, -0.15) is 13.1 Å². The lowest BCUT2D eigenvalue weighted by atomic mass is 10.2. The third-order valence-electron chi connectivity index (χ3n) is 1.42. The molecule has 0 unspecified atom stereocenters. The monoisotopic (exact) mass is 233 g/mol. The normalized spacial score (nSPS) is 10.7. The summed E-state index contributed by atoms with van der Waals surface area (Å²) in [4.78, 5) is 10.7. The predicted molar refractivity (Wildman–Crippen MR) is 49.8 cm³/mol. The first kappa shape index (κ1) is 11.4. The molecule has 15 heavy (non-hydrogen) atoms. The maximum absolute atomic E-state index is 11.9. The molecule has 82 valence electrons. The van der Waals surface area contributed by atoms with Crippen LogP contribution in [0.25, 0.3) is 0 Å². The Balaban J connectivity index is 2.42. The highest BCUT2D eigenvalue weighted by Crippen LogP contribution is 2.00. The van der Waals surface area contributed by atoms with E-state index in [1.165, 1.54) is 0 Å². The molecule has 0 spiro atoms. The summed E-state index contributed by atoms with van der Waals surface area (Å²) in [6.45, 7) is -0.123. The molecule has 7 heteroatoms. The molecule has 0 aromatic heterocycles. The lowest BCUT2D eigenvalue weighted by Crippen LogP contribution is -2.27. The molecule has 1 aromatic carbocycles. The summed E-state index contributed by atoms with van der Waals surface area (Å²) in [5, 5.41) is 0. The molecule has 0 aliphatic rings. The van der Waals surface area contributed by atoms with E-state index >= 15 is 0 Å². The van der Waals surface area contributed by atoms with Crippen molar-refractivity contribution in [2.24, 2.45) is 0 Å². The van der Waals surface area contributed by atoms with Crippen molar-refractivity contribution in [3.63, 3.8) is 0 Å². The molecule has 0 saturated carbocycles. The van der Waals surface area contributed by atoms with E-state index in [-0.39, 0.29) is 6.61 Å². The van der Waals surface area contributed by atoms with E-state index in [0.717, 1.165) is 4.72 Å². The van der Waals surface area contributed by atoms with Gasteiger partial charge in [-0.05, 0) is 5.56 Å². The van der Waals surface area contributed by atoms with Crippen LogP contribution < -0.4 is 4.72 Å². The molecule has 1 rings (SSSR count). The molecule has 0 aliphatic heterocycles. The number of nitrogens with one attached hydrogen (secondary N) is 1. The zero-order valence-electron chi connectivity index (χ0n) is 7.51. The molecule has 0 bridgehead atoms. The SMILES string of the molecule is O=C(NS(=O)(=O)F)OCc1ccccc1. The topological polar surface area (TPSA) is 72.5 Å². The summed E-state index contributed by atoms with van der Waals surface area (Å²) in [5.41, 5.74) is 0.670. The summed E-state index contributed by atoms with van der Waals surface area (Å²) in [7, 11) is -5.05. The van der Waals surface area contributed by atoms with Gasteiger partial charge in [-0.25, -0.2) is 4.79 Å². The largest absolute Gasteiger partial charge is 0.444 e. The lowest BCUT2D eigenvalue weighted by Gasteiger charge is -2.03. The maximum atomic E-state index is 11.9. The molecule has 1 aromatic rings. The number of amides is 1. The van der Waals surface area contributed by atoms with Crippen molar-refractivity contribution >= 4 is 16.5 Å². The minimum atomic E-state index is -5.05. The second-order valence-electron chi connectivity index (χ2n) is 2.60. The van der Waals surface area contributed by atoms with Gasteiger partial charge in [0.15, 0.2) is 0 Å². The number of carbonyl (C=O) groups excluding carboxylic acids is 1. The van der Waals surface area contributed by atoms with Gasteiger partial charge in [0.1, 0.15) is 6.61 Å². The van der Waals surface area contributed by atoms with Gasteiger partial charge in [0.25, 0.3) is 0 Å². The molecule has 0 radical (unpaired) electrons.